The molecule has 4 heteroatoms. The summed E-state index contributed by atoms with van der Waals surface area (Å²) in [6, 6.07) is 8.87. The summed E-state index contributed by atoms with van der Waals surface area (Å²) in [5.41, 5.74) is 1.85. The van der Waals surface area contributed by atoms with Gasteiger partial charge in [-0.15, -0.1) is 0 Å². The van der Waals surface area contributed by atoms with Crippen molar-refractivity contribution in [2.75, 3.05) is 19.6 Å². The zero-order valence-electron chi connectivity index (χ0n) is 19.2. The standard InChI is InChI=1S/C26H41NO3/c1-26(2,3)22-9-13-24(14-10-22)30-23-11-7-20(8-12-23)21-15-18-27(19-16-21)17-5-4-6-25(28)29/h7-8,11-12,21-22,24H,4-6,9-10,13-19H2,1-3H3,(H,28,29)/t22-,24-. The summed E-state index contributed by atoms with van der Waals surface area (Å²) in [6.07, 6.45) is 9.73. The highest BCUT2D eigenvalue weighted by Crippen LogP contribution is 2.39. The van der Waals surface area contributed by atoms with Gasteiger partial charge in [-0.1, -0.05) is 32.9 Å². The number of piperidine rings is 1. The molecule has 1 saturated heterocycles. The molecule has 0 bridgehead atoms. The number of rotatable bonds is 8. The molecule has 1 aliphatic heterocycles. The molecular weight excluding hydrogens is 374 g/mol. The number of benzene rings is 1. The van der Waals surface area contributed by atoms with Crippen molar-refractivity contribution in [1.82, 2.24) is 4.90 Å². The number of nitrogens with zero attached hydrogens (tertiary/aromatic N) is 1. The molecule has 2 aliphatic rings. The fourth-order valence-electron chi connectivity index (χ4n) is 5.16. The van der Waals surface area contributed by atoms with Crippen molar-refractivity contribution in [3.63, 3.8) is 0 Å². The van der Waals surface area contributed by atoms with E-state index in [9.17, 15) is 4.79 Å². The summed E-state index contributed by atoms with van der Waals surface area (Å²) < 4.78 is 6.30. The molecule has 0 unspecified atom stereocenters. The molecule has 30 heavy (non-hydrogen) atoms. The van der Waals surface area contributed by atoms with Gasteiger partial charge < -0.3 is 14.7 Å². The van der Waals surface area contributed by atoms with Crippen LogP contribution in [0.15, 0.2) is 24.3 Å². The van der Waals surface area contributed by atoms with Gasteiger partial charge >= 0.3 is 5.97 Å². The van der Waals surface area contributed by atoms with E-state index in [4.69, 9.17) is 9.84 Å². The van der Waals surface area contributed by atoms with Crippen LogP contribution in [0.25, 0.3) is 0 Å². The van der Waals surface area contributed by atoms with Crippen LogP contribution in [0.5, 0.6) is 5.75 Å². The van der Waals surface area contributed by atoms with Crippen LogP contribution in [0, 0.1) is 11.3 Å². The van der Waals surface area contributed by atoms with E-state index in [-0.39, 0.29) is 0 Å². The largest absolute Gasteiger partial charge is 0.490 e. The van der Waals surface area contributed by atoms with E-state index >= 15 is 0 Å². The average molecular weight is 416 g/mol. The Labute approximate surface area is 183 Å². The van der Waals surface area contributed by atoms with Gasteiger partial charge in [-0.2, -0.15) is 0 Å². The SMILES string of the molecule is CC(C)(C)[C@H]1CC[C@H](Oc2ccc(C3CCN(CCCCC(=O)O)CC3)cc2)CC1. The molecule has 2 fully saturated rings. The van der Waals surface area contributed by atoms with E-state index in [1.165, 1.54) is 44.1 Å². The Balaban J connectivity index is 1.38. The van der Waals surface area contributed by atoms with Gasteiger partial charge in [0.1, 0.15) is 5.75 Å². The molecule has 168 valence electrons. The van der Waals surface area contributed by atoms with Gasteiger partial charge in [-0.3, -0.25) is 4.79 Å². The second kappa shape index (κ2) is 10.7. The molecule has 1 aromatic carbocycles. The zero-order chi connectivity index (χ0) is 21.6. The fourth-order valence-corrected chi connectivity index (χ4v) is 5.16. The fraction of sp³-hybridized carbons (Fsp3) is 0.731. The number of carboxylic acids is 1. The lowest BCUT2D eigenvalue weighted by Crippen LogP contribution is -2.33. The molecule has 0 aromatic heterocycles. The Bertz CT molecular complexity index is 648. The van der Waals surface area contributed by atoms with E-state index in [0.29, 0.717) is 23.9 Å². The van der Waals surface area contributed by atoms with Crippen molar-refractivity contribution in [3.8, 4) is 5.75 Å². The van der Waals surface area contributed by atoms with Crippen molar-refractivity contribution in [2.24, 2.45) is 11.3 Å². The predicted octanol–water partition coefficient (Wildman–Crippen LogP) is 6.10. The molecule has 1 N–H and O–H groups in total. The Morgan fingerprint density at radius 3 is 2.20 bits per heavy atom. The third kappa shape index (κ3) is 7.01. The summed E-state index contributed by atoms with van der Waals surface area (Å²) in [4.78, 5) is 13.1. The van der Waals surface area contributed by atoms with Gasteiger partial charge in [0.25, 0.3) is 0 Å². The first-order valence-corrected chi connectivity index (χ1v) is 12.0. The van der Waals surface area contributed by atoms with Crippen molar-refractivity contribution >= 4 is 5.97 Å². The average Bonchev–Trinajstić information content (AvgIpc) is 2.72. The molecule has 1 aliphatic carbocycles. The third-order valence-electron chi connectivity index (χ3n) is 7.26. The summed E-state index contributed by atoms with van der Waals surface area (Å²) >= 11 is 0. The minimum Gasteiger partial charge on any atom is -0.490 e. The quantitative estimate of drug-likeness (QED) is 0.521. The van der Waals surface area contributed by atoms with Gasteiger partial charge in [0.15, 0.2) is 0 Å². The summed E-state index contributed by atoms with van der Waals surface area (Å²) in [7, 11) is 0. The van der Waals surface area contributed by atoms with Gasteiger partial charge in [0, 0.05) is 6.42 Å². The first-order valence-electron chi connectivity index (χ1n) is 12.0. The number of hydrogen-bond acceptors (Lipinski definition) is 3. The normalized spacial score (nSPS) is 24.0. The van der Waals surface area contributed by atoms with Gasteiger partial charge in [0.05, 0.1) is 6.10 Å². The first kappa shape index (κ1) is 23.1. The number of aliphatic carboxylic acids is 1. The lowest BCUT2D eigenvalue weighted by atomic mass is 9.72. The van der Waals surface area contributed by atoms with Gasteiger partial charge in [0.2, 0.25) is 0 Å². The van der Waals surface area contributed by atoms with Crippen LogP contribution >= 0.6 is 0 Å². The van der Waals surface area contributed by atoms with Crippen LogP contribution in [-0.4, -0.2) is 41.7 Å². The molecule has 1 aromatic rings. The minimum absolute atomic E-state index is 0.295. The molecule has 1 saturated carbocycles. The second-order valence-electron chi connectivity index (χ2n) is 10.5. The van der Waals surface area contributed by atoms with Crippen molar-refractivity contribution in [1.29, 1.82) is 0 Å². The van der Waals surface area contributed by atoms with Crippen LogP contribution in [0.4, 0.5) is 0 Å². The third-order valence-corrected chi connectivity index (χ3v) is 7.26. The molecule has 0 radical (unpaired) electrons. The number of carboxylic acid groups (broad SMARTS) is 1. The maximum atomic E-state index is 10.6. The number of carbonyl (C=O) groups is 1. The van der Waals surface area contributed by atoms with E-state index in [0.717, 1.165) is 44.1 Å². The number of ether oxygens (including phenoxy) is 1. The molecular formula is C26H41NO3. The Kier molecular flexibility index (Phi) is 8.21. The minimum atomic E-state index is -0.682. The van der Waals surface area contributed by atoms with Gasteiger partial charge in [-0.05, 0) is 106 Å². The van der Waals surface area contributed by atoms with Crippen LogP contribution in [0.3, 0.4) is 0 Å². The molecule has 0 spiro atoms. The lowest BCUT2D eigenvalue weighted by molar-refractivity contribution is -0.137. The maximum Gasteiger partial charge on any atom is 0.303 e. The van der Waals surface area contributed by atoms with Crippen molar-refractivity contribution in [2.45, 2.75) is 90.6 Å². The van der Waals surface area contributed by atoms with Gasteiger partial charge in [-0.25, -0.2) is 0 Å². The molecule has 0 amide bonds. The van der Waals surface area contributed by atoms with Crippen molar-refractivity contribution in [3.05, 3.63) is 29.8 Å². The molecule has 0 atom stereocenters. The zero-order valence-corrected chi connectivity index (χ0v) is 19.2. The molecule has 4 nitrogen and oxygen atoms in total. The highest BCUT2D eigenvalue weighted by atomic mass is 16.5. The maximum absolute atomic E-state index is 10.6. The second-order valence-corrected chi connectivity index (χ2v) is 10.5. The summed E-state index contributed by atoms with van der Waals surface area (Å²) in [6.45, 7) is 10.4. The number of hydrogen-bond donors (Lipinski definition) is 1. The topological polar surface area (TPSA) is 49.8 Å². The predicted molar refractivity (Wildman–Crippen MR) is 122 cm³/mol. The first-order chi connectivity index (χ1) is 14.3. The Morgan fingerprint density at radius 2 is 1.63 bits per heavy atom. The molecule has 1 heterocycles. The van der Waals surface area contributed by atoms with E-state index in [2.05, 4.69) is 49.9 Å². The van der Waals surface area contributed by atoms with E-state index in [1.54, 1.807) is 0 Å². The van der Waals surface area contributed by atoms with Crippen LogP contribution in [0.1, 0.15) is 90.0 Å². The van der Waals surface area contributed by atoms with Crippen LogP contribution in [0.2, 0.25) is 0 Å². The highest BCUT2D eigenvalue weighted by molar-refractivity contribution is 5.66. The van der Waals surface area contributed by atoms with Crippen molar-refractivity contribution < 1.29 is 14.6 Å². The number of likely N-dealkylation sites (tertiary alicyclic amines) is 1. The molecule has 3 rings (SSSR count). The smallest absolute Gasteiger partial charge is 0.303 e. The highest BCUT2D eigenvalue weighted by Gasteiger charge is 2.30. The monoisotopic (exact) mass is 415 g/mol. The Hall–Kier alpha value is -1.55. The van der Waals surface area contributed by atoms with Crippen LogP contribution < -0.4 is 4.74 Å². The van der Waals surface area contributed by atoms with E-state index in [1.807, 2.05) is 0 Å². The van der Waals surface area contributed by atoms with E-state index < -0.39 is 5.97 Å². The summed E-state index contributed by atoms with van der Waals surface area (Å²) in [5, 5.41) is 8.74. The lowest BCUT2D eigenvalue weighted by Gasteiger charge is -2.37. The Morgan fingerprint density at radius 1 is 1.00 bits per heavy atom. The summed E-state index contributed by atoms with van der Waals surface area (Å²) in [5.74, 6) is 1.80. The number of unbranched alkanes of at least 4 members (excludes halogenated alkanes) is 1. The van der Waals surface area contributed by atoms with Crippen LogP contribution in [-0.2, 0) is 4.79 Å².